The zero-order chi connectivity index (χ0) is 13.4. The fourth-order valence-electron chi connectivity index (χ4n) is 3.08. The lowest BCUT2D eigenvalue weighted by Crippen LogP contribution is -2.30. The first-order valence-electron chi connectivity index (χ1n) is 6.99. The molecule has 1 amide bonds. The molecule has 19 heavy (non-hydrogen) atoms. The highest BCUT2D eigenvalue weighted by Crippen LogP contribution is 2.35. The van der Waals surface area contributed by atoms with Gasteiger partial charge in [-0.25, -0.2) is 4.39 Å². The van der Waals surface area contributed by atoms with E-state index in [0.717, 1.165) is 30.6 Å². The van der Waals surface area contributed by atoms with E-state index in [1.807, 2.05) is 13.0 Å². The van der Waals surface area contributed by atoms with E-state index in [4.69, 9.17) is 0 Å². The van der Waals surface area contributed by atoms with Crippen LogP contribution in [0.3, 0.4) is 0 Å². The Balaban J connectivity index is 1.84. The molecule has 2 atom stereocenters. The van der Waals surface area contributed by atoms with Crippen molar-refractivity contribution in [3.05, 3.63) is 29.1 Å². The topological polar surface area (TPSA) is 41.1 Å². The van der Waals surface area contributed by atoms with Crippen LogP contribution in [-0.2, 0) is 11.2 Å². The molecule has 1 aromatic rings. The molecule has 2 aliphatic rings. The lowest BCUT2D eigenvalue weighted by Gasteiger charge is -2.23. The van der Waals surface area contributed by atoms with Gasteiger partial charge in [0, 0.05) is 0 Å². The van der Waals surface area contributed by atoms with Crippen molar-refractivity contribution in [1.29, 1.82) is 0 Å². The number of carbonyl (C=O) groups excluding carboxylic acids is 1. The summed E-state index contributed by atoms with van der Waals surface area (Å²) in [6.07, 6.45) is 3.27. The van der Waals surface area contributed by atoms with E-state index in [1.165, 1.54) is 12.8 Å². The number of rotatable bonds is 2. The Labute approximate surface area is 112 Å². The molecule has 0 aromatic heterocycles. The maximum atomic E-state index is 14.0. The molecular weight excluding hydrogens is 243 g/mol. The van der Waals surface area contributed by atoms with Crippen LogP contribution in [-0.4, -0.2) is 19.0 Å². The lowest BCUT2D eigenvalue weighted by molar-refractivity contribution is -0.116. The van der Waals surface area contributed by atoms with Crippen LogP contribution in [0.15, 0.2) is 12.1 Å². The average molecular weight is 262 g/mol. The Morgan fingerprint density at radius 2 is 2.26 bits per heavy atom. The second-order valence-corrected chi connectivity index (χ2v) is 5.67. The van der Waals surface area contributed by atoms with Crippen LogP contribution in [0.4, 0.5) is 10.1 Å². The smallest absolute Gasteiger partial charge is 0.231 e. The van der Waals surface area contributed by atoms with Crippen molar-refractivity contribution >= 4 is 11.6 Å². The fourth-order valence-corrected chi connectivity index (χ4v) is 3.08. The molecule has 2 N–H and O–H groups in total. The molecular formula is C15H19FN2O. The Kier molecular flexibility index (Phi) is 3.27. The summed E-state index contributed by atoms with van der Waals surface area (Å²) in [5.41, 5.74) is 2.19. The molecule has 0 saturated carbocycles. The molecule has 0 aliphatic carbocycles. The van der Waals surface area contributed by atoms with Crippen molar-refractivity contribution in [3.8, 4) is 0 Å². The number of anilines is 1. The number of hydrogen-bond acceptors (Lipinski definition) is 2. The third kappa shape index (κ3) is 2.37. The summed E-state index contributed by atoms with van der Waals surface area (Å²) < 4.78 is 14.0. The van der Waals surface area contributed by atoms with E-state index in [2.05, 4.69) is 10.6 Å². The number of carbonyl (C=O) groups is 1. The van der Waals surface area contributed by atoms with Gasteiger partial charge in [-0.2, -0.15) is 0 Å². The highest BCUT2D eigenvalue weighted by Gasteiger charge is 2.29. The summed E-state index contributed by atoms with van der Waals surface area (Å²) in [4.78, 5) is 11.6. The quantitative estimate of drug-likeness (QED) is 0.859. The first-order valence-corrected chi connectivity index (χ1v) is 6.99. The van der Waals surface area contributed by atoms with Crippen LogP contribution in [0, 0.1) is 11.7 Å². The summed E-state index contributed by atoms with van der Waals surface area (Å²) in [5.74, 6) is -0.0696. The maximum Gasteiger partial charge on any atom is 0.231 e. The van der Waals surface area contributed by atoms with Crippen LogP contribution >= 0.6 is 0 Å². The number of halogens is 1. The van der Waals surface area contributed by atoms with Crippen molar-refractivity contribution in [2.24, 2.45) is 5.92 Å². The van der Waals surface area contributed by atoms with Crippen LogP contribution in [0.5, 0.6) is 0 Å². The second kappa shape index (κ2) is 4.93. The summed E-state index contributed by atoms with van der Waals surface area (Å²) in [5, 5.41) is 6.00. The van der Waals surface area contributed by atoms with Crippen molar-refractivity contribution in [2.45, 2.75) is 32.1 Å². The minimum Gasteiger partial charge on any atom is -0.323 e. The van der Waals surface area contributed by atoms with Gasteiger partial charge in [0.25, 0.3) is 0 Å². The van der Waals surface area contributed by atoms with Gasteiger partial charge in [-0.05, 0) is 62.4 Å². The van der Waals surface area contributed by atoms with E-state index in [9.17, 15) is 9.18 Å². The van der Waals surface area contributed by atoms with Gasteiger partial charge in [-0.3, -0.25) is 4.79 Å². The monoisotopic (exact) mass is 262 g/mol. The summed E-state index contributed by atoms with van der Waals surface area (Å²) in [6.45, 7) is 3.92. The molecule has 4 heteroatoms. The van der Waals surface area contributed by atoms with Gasteiger partial charge in [-0.1, -0.05) is 6.07 Å². The largest absolute Gasteiger partial charge is 0.323 e. The lowest BCUT2D eigenvalue weighted by atomic mass is 9.90. The molecule has 3 rings (SSSR count). The Morgan fingerprint density at radius 1 is 1.42 bits per heavy atom. The zero-order valence-electron chi connectivity index (χ0n) is 11.1. The van der Waals surface area contributed by atoms with Gasteiger partial charge in [0.05, 0.1) is 11.6 Å². The molecule has 0 bridgehead atoms. The predicted molar refractivity (Wildman–Crippen MR) is 72.7 cm³/mol. The molecule has 1 fully saturated rings. The molecule has 2 unspecified atom stereocenters. The second-order valence-electron chi connectivity index (χ2n) is 5.67. The van der Waals surface area contributed by atoms with Gasteiger partial charge in [0.15, 0.2) is 0 Å². The highest BCUT2D eigenvalue weighted by molar-refractivity contribution is 6.02. The molecule has 0 radical (unpaired) electrons. The average Bonchev–Trinajstić information content (AvgIpc) is 2.68. The third-order valence-electron chi connectivity index (χ3n) is 4.21. The van der Waals surface area contributed by atoms with Crippen LogP contribution in [0.1, 0.15) is 36.8 Å². The summed E-state index contributed by atoms with van der Waals surface area (Å²) in [7, 11) is 0. The minimum atomic E-state index is -0.297. The number of amides is 1. The zero-order valence-corrected chi connectivity index (χ0v) is 11.1. The van der Waals surface area contributed by atoms with Crippen molar-refractivity contribution in [1.82, 2.24) is 5.32 Å². The van der Waals surface area contributed by atoms with Gasteiger partial charge in [0.1, 0.15) is 5.82 Å². The van der Waals surface area contributed by atoms with Crippen molar-refractivity contribution in [3.63, 3.8) is 0 Å². The van der Waals surface area contributed by atoms with Gasteiger partial charge < -0.3 is 10.6 Å². The van der Waals surface area contributed by atoms with E-state index < -0.39 is 0 Å². The van der Waals surface area contributed by atoms with Gasteiger partial charge in [0.2, 0.25) is 5.91 Å². The van der Waals surface area contributed by atoms with Gasteiger partial charge >= 0.3 is 0 Å². The molecule has 102 valence electrons. The van der Waals surface area contributed by atoms with Crippen LogP contribution < -0.4 is 10.6 Å². The normalized spacial score (nSPS) is 26.1. The van der Waals surface area contributed by atoms with E-state index in [0.29, 0.717) is 11.6 Å². The van der Waals surface area contributed by atoms with Crippen molar-refractivity contribution in [2.75, 3.05) is 18.4 Å². The minimum absolute atomic E-state index is 0.106. The molecule has 1 saturated heterocycles. The third-order valence-corrected chi connectivity index (χ3v) is 4.21. The first kappa shape index (κ1) is 12.6. The first-order chi connectivity index (χ1) is 9.15. The van der Waals surface area contributed by atoms with E-state index in [-0.39, 0.29) is 17.6 Å². The SMILES string of the molecule is CC1C(=O)Nc2c(F)cc(CC3CCCNC3)cc21. The summed E-state index contributed by atoms with van der Waals surface area (Å²) in [6, 6.07) is 3.57. The number of piperidine rings is 1. The number of fused-ring (bicyclic) bond motifs is 1. The number of benzene rings is 1. The van der Waals surface area contributed by atoms with Crippen LogP contribution in [0.2, 0.25) is 0 Å². The Morgan fingerprint density at radius 3 is 3.00 bits per heavy atom. The Hall–Kier alpha value is -1.42. The predicted octanol–water partition coefficient (Wildman–Crippen LogP) is 2.42. The van der Waals surface area contributed by atoms with Crippen molar-refractivity contribution < 1.29 is 9.18 Å². The highest BCUT2D eigenvalue weighted by atomic mass is 19.1. The fraction of sp³-hybridized carbons (Fsp3) is 0.533. The van der Waals surface area contributed by atoms with Gasteiger partial charge in [-0.15, -0.1) is 0 Å². The van der Waals surface area contributed by atoms with E-state index in [1.54, 1.807) is 6.07 Å². The molecule has 3 nitrogen and oxygen atoms in total. The summed E-state index contributed by atoms with van der Waals surface area (Å²) >= 11 is 0. The molecule has 2 heterocycles. The Bertz CT molecular complexity index is 509. The van der Waals surface area contributed by atoms with E-state index >= 15 is 0 Å². The number of nitrogens with one attached hydrogen (secondary N) is 2. The molecule has 2 aliphatic heterocycles. The standard InChI is InChI=1S/C15H19FN2O/c1-9-12-6-11(5-10-3-2-4-17-8-10)7-13(16)14(12)18-15(9)19/h6-7,9-10,17H,2-5,8H2,1H3,(H,18,19). The molecule has 0 spiro atoms. The maximum absolute atomic E-state index is 14.0. The molecule has 1 aromatic carbocycles. The van der Waals surface area contributed by atoms with Crippen LogP contribution in [0.25, 0.3) is 0 Å². The number of hydrogen-bond donors (Lipinski definition) is 2.